The van der Waals surface area contributed by atoms with Crippen LogP contribution in [0.25, 0.3) is 0 Å². The lowest BCUT2D eigenvalue weighted by Crippen LogP contribution is -2.52. The van der Waals surface area contributed by atoms with Gasteiger partial charge in [0.05, 0.1) is 11.2 Å². The van der Waals surface area contributed by atoms with Crippen LogP contribution in [0.5, 0.6) is 0 Å². The van der Waals surface area contributed by atoms with Gasteiger partial charge < -0.3 is 10.1 Å². The molecule has 3 nitrogen and oxygen atoms in total. The standard InChI is InChI=1S/C18H36N2O/c1-8-14-11-10-13(3)20(14)12-15-16(19-9-2)18(6,7)21-17(15,4)5/h13-16,19H,8-12H2,1-7H3. The molecule has 0 amide bonds. The van der Waals surface area contributed by atoms with Crippen molar-refractivity contribution >= 4 is 0 Å². The van der Waals surface area contributed by atoms with E-state index in [2.05, 4.69) is 58.7 Å². The summed E-state index contributed by atoms with van der Waals surface area (Å²) >= 11 is 0. The Kier molecular flexibility index (Phi) is 5.07. The lowest BCUT2D eigenvalue weighted by molar-refractivity contribution is -0.0803. The Hall–Kier alpha value is -0.120. The fourth-order valence-electron chi connectivity index (χ4n) is 4.76. The van der Waals surface area contributed by atoms with E-state index in [1.54, 1.807) is 0 Å². The molecule has 2 aliphatic rings. The normalized spacial score (nSPS) is 39.0. The van der Waals surface area contributed by atoms with Crippen molar-refractivity contribution in [2.45, 2.75) is 97.1 Å². The second-order valence-corrected chi connectivity index (χ2v) is 8.14. The third-order valence-corrected chi connectivity index (χ3v) is 5.83. The van der Waals surface area contributed by atoms with Gasteiger partial charge in [0, 0.05) is 30.6 Å². The van der Waals surface area contributed by atoms with Gasteiger partial charge in [-0.25, -0.2) is 0 Å². The van der Waals surface area contributed by atoms with Crippen molar-refractivity contribution in [2.24, 2.45) is 5.92 Å². The van der Waals surface area contributed by atoms with Crippen LogP contribution >= 0.6 is 0 Å². The Labute approximate surface area is 131 Å². The van der Waals surface area contributed by atoms with Crippen molar-refractivity contribution in [3.05, 3.63) is 0 Å². The van der Waals surface area contributed by atoms with E-state index < -0.39 is 0 Å². The third-order valence-electron chi connectivity index (χ3n) is 5.83. The summed E-state index contributed by atoms with van der Waals surface area (Å²) in [5, 5.41) is 3.71. The SMILES string of the molecule is CCNC1C(CN2C(C)CCC2CC)C(C)(C)OC1(C)C. The lowest BCUT2D eigenvalue weighted by atomic mass is 9.81. The summed E-state index contributed by atoms with van der Waals surface area (Å²) < 4.78 is 6.44. The maximum Gasteiger partial charge on any atom is 0.0790 e. The Morgan fingerprint density at radius 2 is 1.76 bits per heavy atom. The van der Waals surface area contributed by atoms with E-state index in [4.69, 9.17) is 4.74 Å². The number of ether oxygens (including phenoxy) is 1. The molecule has 1 N–H and O–H groups in total. The first-order valence-corrected chi connectivity index (χ1v) is 8.92. The summed E-state index contributed by atoms with van der Waals surface area (Å²) in [5.41, 5.74) is -0.147. The largest absolute Gasteiger partial charge is 0.368 e. The first-order valence-electron chi connectivity index (χ1n) is 8.92. The fourth-order valence-corrected chi connectivity index (χ4v) is 4.76. The van der Waals surface area contributed by atoms with Crippen LogP contribution in [-0.2, 0) is 4.74 Å². The van der Waals surface area contributed by atoms with Crippen molar-refractivity contribution in [2.75, 3.05) is 13.1 Å². The highest BCUT2D eigenvalue weighted by molar-refractivity contribution is 5.07. The number of likely N-dealkylation sites (tertiary alicyclic amines) is 1. The smallest absolute Gasteiger partial charge is 0.0790 e. The molecule has 2 saturated heterocycles. The van der Waals surface area contributed by atoms with Crippen LogP contribution in [0.2, 0.25) is 0 Å². The van der Waals surface area contributed by atoms with Crippen molar-refractivity contribution in [3.8, 4) is 0 Å². The molecule has 2 aliphatic heterocycles. The average Bonchev–Trinajstić information content (AvgIpc) is 2.79. The first kappa shape index (κ1) is 17.2. The molecular weight excluding hydrogens is 260 g/mol. The number of nitrogens with one attached hydrogen (secondary N) is 1. The summed E-state index contributed by atoms with van der Waals surface area (Å²) in [6.45, 7) is 18.1. The van der Waals surface area contributed by atoms with Gasteiger partial charge in [-0.1, -0.05) is 13.8 Å². The fraction of sp³-hybridized carbons (Fsp3) is 1.00. The molecule has 0 aromatic rings. The molecule has 0 bridgehead atoms. The quantitative estimate of drug-likeness (QED) is 0.841. The first-order chi connectivity index (χ1) is 9.73. The van der Waals surface area contributed by atoms with E-state index in [-0.39, 0.29) is 11.2 Å². The number of rotatable bonds is 5. The molecule has 0 aromatic heterocycles. The minimum Gasteiger partial charge on any atom is -0.368 e. The molecular formula is C18H36N2O. The van der Waals surface area contributed by atoms with Gasteiger partial charge in [-0.15, -0.1) is 0 Å². The molecule has 0 saturated carbocycles. The maximum atomic E-state index is 6.44. The number of hydrogen-bond donors (Lipinski definition) is 1. The molecule has 0 spiro atoms. The van der Waals surface area contributed by atoms with Crippen LogP contribution in [0.3, 0.4) is 0 Å². The molecule has 3 heteroatoms. The Morgan fingerprint density at radius 1 is 1.10 bits per heavy atom. The van der Waals surface area contributed by atoms with Crippen molar-refractivity contribution < 1.29 is 4.74 Å². The van der Waals surface area contributed by atoms with Gasteiger partial charge in [-0.2, -0.15) is 0 Å². The van der Waals surface area contributed by atoms with Crippen LogP contribution in [0.15, 0.2) is 0 Å². The van der Waals surface area contributed by atoms with Gasteiger partial charge in [-0.3, -0.25) is 4.90 Å². The second-order valence-electron chi connectivity index (χ2n) is 8.14. The van der Waals surface area contributed by atoms with Crippen LogP contribution in [0.4, 0.5) is 0 Å². The molecule has 4 unspecified atom stereocenters. The van der Waals surface area contributed by atoms with Crippen LogP contribution in [0.1, 0.15) is 67.7 Å². The minimum absolute atomic E-state index is 0.0586. The highest BCUT2D eigenvalue weighted by atomic mass is 16.5. The zero-order chi connectivity index (χ0) is 15.8. The van der Waals surface area contributed by atoms with Gasteiger partial charge in [-0.05, 0) is 60.4 Å². The van der Waals surface area contributed by atoms with E-state index in [0.717, 1.165) is 25.2 Å². The number of likely N-dealkylation sites (N-methyl/N-ethyl adjacent to an activating group) is 1. The highest BCUT2D eigenvalue weighted by Gasteiger charge is 2.54. The third kappa shape index (κ3) is 3.30. The maximum absolute atomic E-state index is 6.44. The summed E-state index contributed by atoms with van der Waals surface area (Å²) in [6, 6.07) is 1.92. The summed E-state index contributed by atoms with van der Waals surface area (Å²) in [4.78, 5) is 2.75. The van der Waals surface area contributed by atoms with Crippen molar-refractivity contribution in [3.63, 3.8) is 0 Å². The molecule has 2 rings (SSSR count). The van der Waals surface area contributed by atoms with Crippen LogP contribution in [-0.4, -0.2) is 47.3 Å². The Morgan fingerprint density at radius 3 is 2.33 bits per heavy atom. The monoisotopic (exact) mass is 296 g/mol. The molecule has 2 heterocycles. The second kappa shape index (κ2) is 6.17. The summed E-state index contributed by atoms with van der Waals surface area (Å²) in [5.74, 6) is 0.544. The highest BCUT2D eigenvalue weighted by Crippen LogP contribution is 2.44. The van der Waals surface area contributed by atoms with Gasteiger partial charge in [0.2, 0.25) is 0 Å². The number of nitrogens with zero attached hydrogens (tertiary/aromatic N) is 1. The van der Waals surface area contributed by atoms with Crippen molar-refractivity contribution in [1.82, 2.24) is 10.2 Å². The molecule has 4 atom stereocenters. The summed E-state index contributed by atoms with van der Waals surface area (Å²) in [7, 11) is 0. The van der Waals surface area contributed by atoms with E-state index in [1.807, 2.05) is 0 Å². The van der Waals surface area contributed by atoms with Gasteiger partial charge >= 0.3 is 0 Å². The average molecular weight is 296 g/mol. The topological polar surface area (TPSA) is 24.5 Å². The zero-order valence-corrected chi connectivity index (χ0v) is 15.2. The molecule has 0 aliphatic carbocycles. The Bertz CT molecular complexity index is 353. The van der Waals surface area contributed by atoms with Crippen LogP contribution < -0.4 is 5.32 Å². The molecule has 21 heavy (non-hydrogen) atoms. The van der Waals surface area contributed by atoms with E-state index in [0.29, 0.717) is 12.0 Å². The van der Waals surface area contributed by atoms with Gasteiger partial charge in [0.25, 0.3) is 0 Å². The molecule has 0 aromatic carbocycles. The molecule has 2 fully saturated rings. The van der Waals surface area contributed by atoms with E-state index in [1.165, 1.54) is 19.3 Å². The minimum atomic E-state index is -0.0884. The Balaban J connectivity index is 2.18. The van der Waals surface area contributed by atoms with E-state index in [9.17, 15) is 0 Å². The van der Waals surface area contributed by atoms with Crippen molar-refractivity contribution in [1.29, 1.82) is 0 Å². The lowest BCUT2D eigenvalue weighted by Gasteiger charge is -2.37. The summed E-state index contributed by atoms with van der Waals surface area (Å²) in [6.07, 6.45) is 3.98. The zero-order valence-electron chi connectivity index (χ0n) is 15.2. The predicted octanol–water partition coefficient (Wildman–Crippen LogP) is 3.43. The van der Waals surface area contributed by atoms with E-state index >= 15 is 0 Å². The van der Waals surface area contributed by atoms with Gasteiger partial charge in [0.1, 0.15) is 0 Å². The van der Waals surface area contributed by atoms with Crippen LogP contribution in [0, 0.1) is 5.92 Å². The number of hydrogen-bond acceptors (Lipinski definition) is 3. The van der Waals surface area contributed by atoms with Gasteiger partial charge in [0.15, 0.2) is 0 Å². The molecule has 124 valence electrons. The molecule has 0 radical (unpaired) electrons. The predicted molar refractivity (Wildman–Crippen MR) is 89.7 cm³/mol.